The number of hydrogen-bond donors (Lipinski definition) is 1. The van der Waals surface area contributed by atoms with Crippen molar-refractivity contribution in [1.82, 2.24) is 0 Å². The lowest BCUT2D eigenvalue weighted by Crippen LogP contribution is -2.33. The van der Waals surface area contributed by atoms with E-state index in [1.165, 1.54) is 0 Å². The number of alkyl halides is 2. The van der Waals surface area contributed by atoms with Crippen molar-refractivity contribution in [3.8, 4) is 0 Å². The third-order valence-electron chi connectivity index (χ3n) is 1.52. The van der Waals surface area contributed by atoms with Crippen LogP contribution in [0, 0.1) is 6.58 Å². The Morgan fingerprint density at radius 2 is 2.17 bits per heavy atom. The first-order valence-corrected chi connectivity index (χ1v) is 4.13. The number of aliphatic hydroxyl groups excluding tert-OH is 1. The van der Waals surface area contributed by atoms with Crippen LogP contribution in [0.15, 0.2) is 5.03 Å². The van der Waals surface area contributed by atoms with Crippen molar-refractivity contribution in [3.05, 3.63) is 11.6 Å². The summed E-state index contributed by atoms with van der Waals surface area (Å²) in [5, 5.41) is 8.18. The fourth-order valence-electron chi connectivity index (χ4n) is 0.751. The molecule has 0 aliphatic carbocycles. The van der Waals surface area contributed by atoms with Gasteiger partial charge in [0.15, 0.2) is 6.10 Å². The highest BCUT2D eigenvalue weighted by Gasteiger charge is 2.38. The van der Waals surface area contributed by atoms with E-state index in [4.69, 9.17) is 23.3 Å². The second-order valence-electron chi connectivity index (χ2n) is 2.65. The van der Waals surface area contributed by atoms with Crippen LogP contribution in [-0.2, 0) is 0 Å². The van der Waals surface area contributed by atoms with Gasteiger partial charge < -0.3 is 5.11 Å². The van der Waals surface area contributed by atoms with Crippen molar-refractivity contribution in [3.63, 3.8) is 0 Å². The van der Waals surface area contributed by atoms with Gasteiger partial charge in [0.1, 0.15) is 0 Å². The Balaban J connectivity index is 4.08. The molecule has 0 amide bonds. The van der Waals surface area contributed by atoms with E-state index in [0.29, 0.717) is 12.8 Å². The van der Waals surface area contributed by atoms with Crippen LogP contribution in [0.25, 0.3) is 0 Å². The van der Waals surface area contributed by atoms with Crippen LogP contribution >= 0.6 is 11.6 Å². The summed E-state index contributed by atoms with van der Waals surface area (Å²) in [6, 6.07) is 0. The van der Waals surface area contributed by atoms with E-state index < -0.39 is 23.5 Å². The zero-order chi connectivity index (χ0) is 9.78. The van der Waals surface area contributed by atoms with Crippen molar-refractivity contribution < 1.29 is 13.9 Å². The van der Waals surface area contributed by atoms with Gasteiger partial charge in [-0.15, -0.1) is 0 Å². The van der Waals surface area contributed by atoms with Gasteiger partial charge in [0, 0.05) is 6.42 Å². The third kappa shape index (κ3) is 3.50. The van der Waals surface area contributed by atoms with Crippen LogP contribution in [0.1, 0.15) is 26.2 Å². The van der Waals surface area contributed by atoms with Gasteiger partial charge in [-0.2, -0.15) is 0 Å². The van der Waals surface area contributed by atoms with Gasteiger partial charge in [0.2, 0.25) is 0 Å². The van der Waals surface area contributed by atoms with Crippen molar-refractivity contribution in [1.29, 1.82) is 0 Å². The lowest BCUT2D eigenvalue weighted by molar-refractivity contribution is -0.0947. The molecular formula is C8H12ClF2O. The molecule has 0 heterocycles. The van der Waals surface area contributed by atoms with Gasteiger partial charge >= 0.3 is 0 Å². The monoisotopic (exact) mass is 197 g/mol. The first-order valence-electron chi connectivity index (χ1n) is 3.75. The van der Waals surface area contributed by atoms with E-state index in [1.54, 1.807) is 6.92 Å². The summed E-state index contributed by atoms with van der Waals surface area (Å²) in [7, 11) is 0. The van der Waals surface area contributed by atoms with Gasteiger partial charge in [-0.1, -0.05) is 24.9 Å². The molecule has 1 N–H and O–H groups in total. The van der Waals surface area contributed by atoms with Gasteiger partial charge in [-0.3, -0.25) is 0 Å². The van der Waals surface area contributed by atoms with Crippen LogP contribution in [0.2, 0.25) is 0 Å². The average Bonchev–Trinajstić information content (AvgIpc) is 1.99. The molecule has 4 heteroatoms. The Morgan fingerprint density at radius 3 is 2.50 bits per heavy atom. The molecule has 1 unspecified atom stereocenters. The molecule has 0 aliphatic heterocycles. The van der Waals surface area contributed by atoms with Crippen LogP contribution in [-0.4, -0.2) is 17.1 Å². The zero-order valence-electron chi connectivity index (χ0n) is 6.86. The van der Waals surface area contributed by atoms with E-state index in [2.05, 4.69) is 0 Å². The summed E-state index contributed by atoms with van der Waals surface area (Å²) in [6.45, 7) is 6.63. The number of aliphatic hydroxyl groups is 1. The summed E-state index contributed by atoms with van der Waals surface area (Å²) in [6.07, 6.45) is -1.44. The Bertz CT molecular complexity index is 159. The second kappa shape index (κ2) is 4.77. The largest absolute Gasteiger partial charge is 0.381 e. The Labute approximate surface area is 76.0 Å². The molecule has 0 aromatic heterocycles. The molecule has 1 nitrogen and oxygen atoms in total. The molecule has 0 saturated carbocycles. The molecule has 71 valence electrons. The molecule has 0 spiro atoms. The first-order chi connectivity index (χ1) is 5.41. The predicted octanol–water partition coefficient (Wildman–Crippen LogP) is 2.73. The molecule has 1 atom stereocenters. The minimum absolute atomic E-state index is 0.341. The van der Waals surface area contributed by atoms with Gasteiger partial charge in [0.25, 0.3) is 5.92 Å². The van der Waals surface area contributed by atoms with Crippen LogP contribution in [0.3, 0.4) is 0 Å². The summed E-state index contributed by atoms with van der Waals surface area (Å²) < 4.78 is 25.6. The predicted molar refractivity (Wildman–Crippen MR) is 44.1 cm³/mol. The molecule has 0 rings (SSSR count). The normalized spacial score (nSPS) is 14.4. The van der Waals surface area contributed by atoms with Crippen molar-refractivity contribution in [2.24, 2.45) is 0 Å². The summed E-state index contributed by atoms with van der Waals surface area (Å²) >= 11 is 5.06. The van der Waals surface area contributed by atoms with Crippen molar-refractivity contribution in [2.45, 2.75) is 38.2 Å². The molecule has 0 aromatic carbocycles. The summed E-state index contributed by atoms with van der Waals surface area (Å²) in [4.78, 5) is 0. The molecule has 0 fully saturated rings. The number of hydrogen-bond acceptors (Lipinski definition) is 1. The first kappa shape index (κ1) is 11.8. The number of unbranched alkanes of at least 4 members (excludes halogenated alkanes) is 1. The maximum absolute atomic E-state index is 12.8. The average molecular weight is 198 g/mol. The highest BCUT2D eigenvalue weighted by atomic mass is 35.5. The number of rotatable bonds is 5. The highest BCUT2D eigenvalue weighted by molar-refractivity contribution is 6.29. The van der Waals surface area contributed by atoms with Crippen molar-refractivity contribution in [2.75, 3.05) is 0 Å². The zero-order valence-corrected chi connectivity index (χ0v) is 7.61. The highest BCUT2D eigenvalue weighted by Crippen LogP contribution is 2.29. The molecule has 12 heavy (non-hydrogen) atoms. The maximum atomic E-state index is 12.8. The van der Waals surface area contributed by atoms with E-state index in [1.807, 2.05) is 0 Å². The molecular weight excluding hydrogens is 186 g/mol. The lowest BCUT2D eigenvalue weighted by atomic mass is 10.1. The summed E-state index contributed by atoms with van der Waals surface area (Å²) in [5.74, 6) is -3.21. The van der Waals surface area contributed by atoms with Gasteiger partial charge in [-0.25, -0.2) is 8.78 Å². The standard InChI is InChI=1S/C8H12ClF2O/c1-3-4-5-8(10,11)7(12)6(2)9/h2,7,12H,3-5H2,1H3. The Hall–Kier alpha value is -0.150. The van der Waals surface area contributed by atoms with Crippen molar-refractivity contribution >= 4 is 11.6 Å². The fraction of sp³-hybridized carbons (Fsp3) is 0.750. The minimum Gasteiger partial charge on any atom is -0.381 e. The fourth-order valence-corrected chi connectivity index (χ4v) is 0.911. The number of halogens is 3. The van der Waals surface area contributed by atoms with E-state index in [-0.39, 0.29) is 0 Å². The molecule has 0 bridgehead atoms. The smallest absolute Gasteiger partial charge is 0.278 e. The second-order valence-corrected chi connectivity index (χ2v) is 3.09. The van der Waals surface area contributed by atoms with Gasteiger partial charge in [0.05, 0.1) is 5.03 Å². The lowest BCUT2D eigenvalue weighted by Gasteiger charge is -2.21. The van der Waals surface area contributed by atoms with Crippen LogP contribution < -0.4 is 0 Å². The maximum Gasteiger partial charge on any atom is 0.278 e. The van der Waals surface area contributed by atoms with Crippen LogP contribution in [0.5, 0.6) is 0 Å². The molecule has 1 radical (unpaired) electrons. The van der Waals surface area contributed by atoms with E-state index in [0.717, 1.165) is 0 Å². The molecule has 0 saturated heterocycles. The van der Waals surface area contributed by atoms with Crippen LogP contribution in [0.4, 0.5) is 8.78 Å². The third-order valence-corrected chi connectivity index (χ3v) is 1.73. The SMILES string of the molecule is [CH]=C(Cl)C(O)C(F)(F)CCCC. The Kier molecular flexibility index (Phi) is 4.71. The Morgan fingerprint density at radius 1 is 1.67 bits per heavy atom. The molecule has 0 aromatic rings. The summed E-state index contributed by atoms with van der Waals surface area (Å²) in [5.41, 5.74) is 0. The van der Waals surface area contributed by atoms with E-state index in [9.17, 15) is 8.78 Å². The minimum atomic E-state index is -3.21. The van der Waals surface area contributed by atoms with Gasteiger partial charge in [-0.05, 0) is 13.0 Å². The van der Waals surface area contributed by atoms with E-state index >= 15 is 0 Å². The molecule has 0 aliphatic rings. The quantitative estimate of drug-likeness (QED) is 0.719. The topological polar surface area (TPSA) is 20.2 Å².